The average molecular weight is 346 g/mol. The average Bonchev–Trinajstić information content (AvgIpc) is 2.93. The van der Waals surface area contributed by atoms with Gasteiger partial charge in [-0.15, -0.1) is 0 Å². The topological polar surface area (TPSA) is 85.4 Å². The minimum absolute atomic E-state index is 0.0545. The highest BCUT2D eigenvalue weighted by atomic mass is 32.1. The van der Waals surface area contributed by atoms with Gasteiger partial charge in [-0.2, -0.15) is 0 Å². The molecular weight excluding hydrogens is 328 g/mol. The van der Waals surface area contributed by atoms with Crippen LogP contribution in [-0.2, 0) is 4.79 Å². The van der Waals surface area contributed by atoms with E-state index in [0.717, 1.165) is 11.3 Å². The Hall–Kier alpha value is -2.54. The van der Waals surface area contributed by atoms with Crippen LogP contribution in [0.1, 0.15) is 45.5 Å². The van der Waals surface area contributed by atoms with E-state index in [-0.39, 0.29) is 30.3 Å². The van der Waals surface area contributed by atoms with E-state index in [1.54, 1.807) is 38.3 Å². The van der Waals surface area contributed by atoms with E-state index in [0.29, 0.717) is 27.0 Å². The number of ketones is 2. The number of nitrogens with zero attached hydrogens (tertiary/aromatic N) is 1. The molecular formula is C17H18N2O4S. The van der Waals surface area contributed by atoms with E-state index in [1.807, 2.05) is 0 Å². The van der Waals surface area contributed by atoms with Gasteiger partial charge in [-0.05, 0) is 31.2 Å². The lowest BCUT2D eigenvalue weighted by molar-refractivity contribution is -0.116. The van der Waals surface area contributed by atoms with E-state index in [4.69, 9.17) is 4.74 Å². The van der Waals surface area contributed by atoms with Crippen molar-refractivity contribution in [1.82, 2.24) is 4.98 Å². The van der Waals surface area contributed by atoms with Gasteiger partial charge in [0.15, 0.2) is 16.7 Å². The predicted octanol–water partition coefficient (Wildman–Crippen LogP) is 3.26. The quantitative estimate of drug-likeness (QED) is 0.778. The summed E-state index contributed by atoms with van der Waals surface area (Å²) in [4.78, 5) is 40.1. The first-order valence-corrected chi connectivity index (χ1v) is 8.18. The van der Waals surface area contributed by atoms with Crippen LogP contribution in [0.3, 0.4) is 0 Å². The molecule has 7 heteroatoms. The number of hydrogen-bond acceptors (Lipinski definition) is 6. The van der Waals surface area contributed by atoms with Crippen LogP contribution in [0.4, 0.5) is 5.13 Å². The van der Waals surface area contributed by atoms with Crippen LogP contribution < -0.4 is 10.1 Å². The van der Waals surface area contributed by atoms with E-state index in [9.17, 15) is 14.4 Å². The van der Waals surface area contributed by atoms with Gasteiger partial charge in [0.25, 0.3) is 0 Å². The Kier molecular flexibility index (Phi) is 5.81. The van der Waals surface area contributed by atoms with Crippen molar-refractivity contribution in [3.05, 3.63) is 40.4 Å². The lowest BCUT2D eigenvalue weighted by Crippen LogP contribution is -2.13. The van der Waals surface area contributed by atoms with Crippen LogP contribution in [0, 0.1) is 6.92 Å². The number of carbonyl (C=O) groups excluding carboxylic acids is 3. The Labute approximate surface area is 143 Å². The molecule has 0 saturated heterocycles. The van der Waals surface area contributed by atoms with Gasteiger partial charge in [0.2, 0.25) is 5.91 Å². The van der Waals surface area contributed by atoms with Gasteiger partial charge in [0, 0.05) is 25.3 Å². The number of anilines is 1. The molecule has 1 aromatic carbocycles. The molecule has 24 heavy (non-hydrogen) atoms. The molecule has 0 aliphatic rings. The summed E-state index contributed by atoms with van der Waals surface area (Å²) in [5, 5.41) is 3.00. The van der Waals surface area contributed by atoms with E-state index < -0.39 is 0 Å². The van der Waals surface area contributed by atoms with Crippen molar-refractivity contribution in [3.63, 3.8) is 0 Å². The monoisotopic (exact) mass is 346 g/mol. The molecule has 1 heterocycles. The molecule has 0 spiro atoms. The molecule has 1 amide bonds. The number of hydrogen-bond donors (Lipinski definition) is 1. The first-order chi connectivity index (χ1) is 11.4. The van der Waals surface area contributed by atoms with Gasteiger partial charge in [0.1, 0.15) is 5.75 Å². The molecule has 0 fully saturated rings. The fourth-order valence-electron chi connectivity index (χ4n) is 2.11. The van der Waals surface area contributed by atoms with Gasteiger partial charge in [-0.1, -0.05) is 11.3 Å². The third kappa shape index (κ3) is 4.48. The first-order valence-electron chi connectivity index (χ1n) is 7.36. The molecule has 0 unspecified atom stereocenters. The van der Waals surface area contributed by atoms with Crippen molar-refractivity contribution < 1.29 is 19.1 Å². The van der Waals surface area contributed by atoms with Crippen molar-refractivity contribution in [2.75, 3.05) is 12.4 Å². The van der Waals surface area contributed by atoms with Crippen molar-refractivity contribution in [2.24, 2.45) is 0 Å². The zero-order chi connectivity index (χ0) is 17.7. The van der Waals surface area contributed by atoms with Gasteiger partial charge >= 0.3 is 0 Å². The number of Topliss-reactive ketones (excluding diaryl/α,β-unsaturated/α-hetero) is 2. The Morgan fingerprint density at radius 3 is 2.38 bits per heavy atom. The van der Waals surface area contributed by atoms with Gasteiger partial charge in [-0.25, -0.2) is 4.98 Å². The molecule has 126 valence electrons. The van der Waals surface area contributed by atoms with Crippen LogP contribution >= 0.6 is 11.3 Å². The molecule has 0 aliphatic carbocycles. The third-order valence-corrected chi connectivity index (χ3v) is 4.53. The van der Waals surface area contributed by atoms with Gasteiger partial charge in [0.05, 0.1) is 17.7 Å². The summed E-state index contributed by atoms with van der Waals surface area (Å²) < 4.78 is 5.04. The fourth-order valence-corrected chi connectivity index (χ4v) is 2.98. The Morgan fingerprint density at radius 2 is 1.83 bits per heavy atom. The molecule has 0 bridgehead atoms. The Morgan fingerprint density at radius 1 is 1.17 bits per heavy atom. The number of thiazole rings is 1. The minimum atomic E-state index is -0.305. The maximum absolute atomic E-state index is 12.1. The van der Waals surface area contributed by atoms with E-state index in [1.165, 1.54) is 6.92 Å². The molecule has 2 rings (SSSR count). The zero-order valence-corrected chi connectivity index (χ0v) is 14.5. The summed E-state index contributed by atoms with van der Waals surface area (Å²) in [5.74, 6) is 0.165. The molecule has 0 radical (unpaired) electrons. The second-order valence-corrected chi connectivity index (χ2v) is 6.19. The van der Waals surface area contributed by atoms with Crippen molar-refractivity contribution in [3.8, 4) is 5.75 Å². The SMILES string of the molecule is COc1ccc(C(=O)CCC(=O)Nc2nc(C)c(C(C)=O)s2)cc1. The minimum Gasteiger partial charge on any atom is -0.497 e. The highest BCUT2D eigenvalue weighted by Crippen LogP contribution is 2.23. The summed E-state index contributed by atoms with van der Waals surface area (Å²) in [7, 11) is 1.55. The second-order valence-electron chi connectivity index (χ2n) is 5.19. The Bertz CT molecular complexity index is 765. The number of nitrogens with one attached hydrogen (secondary N) is 1. The number of aryl methyl sites for hydroxylation is 1. The summed E-state index contributed by atoms with van der Waals surface area (Å²) in [6, 6.07) is 6.74. The molecule has 0 atom stereocenters. The summed E-state index contributed by atoms with van der Waals surface area (Å²) in [5.41, 5.74) is 1.13. The Balaban J connectivity index is 1.89. The summed E-state index contributed by atoms with van der Waals surface area (Å²) >= 11 is 1.14. The maximum atomic E-state index is 12.1. The van der Waals surface area contributed by atoms with Crippen LogP contribution in [-0.4, -0.2) is 29.6 Å². The maximum Gasteiger partial charge on any atom is 0.226 e. The van der Waals surface area contributed by atoms with Crippen molar-refractivity contribution in [1.29, 1.82) is 0 Å². The number of benzene rings is 1. The standard InChI is InChI=1S/C17H18N2O4S/c1-10-16(11(2)20)24-17(18-10)19-15(22)9-8-14(21)12-4-6-13(23-3)7-5-12/h4-7H,8-9H2,1-3H3,(H,18,19,22). The number of methoxy groups -OCH3 is 1. The molecule has 2 aromatic rings. The number of aromatic nitrogens is 1. The predicted molar refractivity (Wildman–Crippen MR) is 92.0 cm³/mol. The number of carbonyl (C=O) groups is 3. The molecule has 0 aliphatic heterocycles. The number of ether oxygens (including phenoxy) is 1. The lowest BCUT2D eigenvalue weighted by atomic mass is 10.1. The molecule has 0 saturated carbocycles. The van der Waals surface area contributed by atoms with Crippen molar-refractivity contribution >= 4 is 33.9 Å². The highest BCUT2D eigenvalue weighted by molar-refractivity contribution is 7.17. The summed E-state index contributed by atoms with van der Waals surface area (Å²) in [6.07, 6.45) is 0.154. The fraction of sp³-hybridized carbons (Fsp3) is 0.294. The molecule has 6 nitrogen and oxygen atoms in total. The molecule has 1 N–H and O–H groups in total. The zero-order valence-electron chi connectivity index (χ0n) is 13.7. The smallest absolute Gasteiger partial charge is 0.226 e. The number of amides is 1. The van der Waals surface area contributed by atoms with Gasteiger partial charge in [-0.3, -0.25) is 14.4 Å². The summed E-state index contributed by atoms with van der Waals surface area (Å²) in [6.45, 7) is 3.18. The van der Waals surface area contributed by atoms with Crippen LogP contribution in [0.5, 0.6) is 5.75 Å². The van der Waals surface area contributed by atoms with Gasteiger partial charge < -0.3 is 10.1 Å². The van der Waals surface area contributed by atoms with Crippen LogP contribution in [0.2, 0.25) is 0 Å². The molecule has 1 aromatic heterocycles. The first kappa shape index (κ1) is 17.8. The third-order valence-electron chi connectivity index (χ3n) is 3.35. The van der Waals surface area contributed by atoms with Crippen molar-refractivity contribution in [2.45, 2.75) is 26.7 Å². The number of rotatable bonds is 7. The largest absolute Gasteiger partial charge is 0.497 e. The van der Waals surface area contributed by atoms with E-state index in [2.05, 4.69) is 10.3 Å². The normalized spacial score (nSPS) is 10.3. The van der Waals surface area contributed by atoms with Crippen LogP contribution in [0.25, 0.3) is 0 Å². The van der Waals surface area contributed by atoms with E-state index >= 15 is 0 Å². The lowest BCUT2D eigenvalue weighted by Gasteiger charge is -2.03. The van der Waals surface area contributed by atoms with Crippen LogP contribution in [0.15, 0.2) is 24.3 Å². The highest BCUT2D eigenvalue weighted by Gasteiger charge is 2.14. The second kappa shape index (κ2) is 7.83.